The number of thioether (sulfide) groups is 2. The molecule has 0 aromatic heterocycles. The van der Waals surface area contributed by atoms with Gasteiger partial charge in [0.05, 0.1) is 17.1 Å². The molecular weight excluding hydrogens is 380 g/mol. The predicted molar refractivity (Wildman–Crippen MR) is 102 cm³/mol. The van der Waals surface area contributed by atoms with E-state index in [-0.39, 0.29) is 40.2 Å². The molecule has 1 aliphatic heterocycles. The summed E-state index contributed by atoms with van der Waals surface area (Å²) in [5.41, 5.74) is -0.121. The minimum atomic E-state index is -0.637. The number of nitro benzene ring substituents is 1. The minimum absolute atomic E-state index is 0.0500. The first kappa shape index (κ1) is 20.0. The van der Waals surface area contributed by atoms with Crippen molar-refractivity contribution in [3.8, 4) is 11.5 Å². The van der Waals surface area contributed by atoms with Gasteiger partial charge >= 0.3 is 11.7 Å². The summed E-state index contributed by atoms with van der Waals surface area (Å²) >= 11 is 2.42. The molecule has 26 heavy (non-hydrogen) atoms. The van der Waals surface area contributed by atoms with Gasteiger partial charge in [0.1, 0.15) is 10.1 Å². The van der Waals surface area contributed by atoms with Crippen molar-refractivity contribution in [1.29, 1.82) is 0 Å². The molecule has 0 spiro atoms. The fraction of sp³-hybridized carbons (Fsp3) is 0.312. The van der Waals surface area contributed by atoms with Gasteiger partial charge in [0, 0.05) is 6.92 Å². The number of esters is 1. The molecule has 0 amide bonds. The summed E-state index contributed by atoms with van der Waals surface area (Å²) in [4.78, 5) is 38.5. The largest absolute Gasteiger partial charge is 0.485 e. The lowest BCUT2D eigenvalue weighted by Gasteiger charge is -2.11. The minimum Gasteiger partial charge on any atom is -0.485 e. The molecule has 0 radical (unpaired) electrons. The number of rotatable bonds is 6. The summed E-state index contributed by atoms with van der Waals surface area (Å²) in [7, 11) is 0. The van der Waals surface area contributed by atoms with Gasteiger partial charge in [-0.2, -0.15) is 0 Å². The zero-order valence-corrected chi connectivity index (χ0v) is 15.9. The van der Waals surface area contributed by atoms with Gasteiger partial charge in [-0.15, -0.1) is 0 Å². The van der Waals surface area contributed by atoms with Crippen molar-refractivity contribution < 1.29 is 24.0 Å². The fourth-order valence-electron chi connectivity index (χ4n) is 2.11. The number of nitrogens with zero attached hydrogens (tertiary/aromatic N) is 2. The van der Waals surface area contributed by atoms with E-state index in [9.17, 15) is 19.7 Å². The normalized spacial score (nSPS) is 15.1. The van der Waals surface area contributed by atoms with Gasteiger partial charge in [0.25, 0.3) is 0 Å². The van der Waals surface area contributed by atoms with E-state index in [0.29, 0.717) is 4.38 Å². The highest BCUT2D eigenvalue weighted by Crippen LogP contribution is 2.42. The summed E-state index contributed by atoms with van der Waals surface area (Å²) in [6.45, 7) is 4.92. The van der Waals surface area contributed by atoms with Crippen LogP contribution in [0, 0.1) is 10.1 Å². The summed E-state index contributed by atoms with van der Waals surface area (Å²) in [6, 6.07) is 2.79. The maximum absolute atomic E-state index is 12.1. The molecule has 1 aliphatic rings. The highest BCUT2D eigenvalue weighted by Gasteiger charge is 2.28. The molecule has 1 aromatic carbocycles. The second-order valence-electron chi connectivity index (χ2n) is 4.84. The van der Waals surface area contributed by atoms with Crippen LogP contribution in [0.2, 0.25) is 0 Å². The Morgan fingerprint density at radius 1 is 1.42 bits per heavy atom. The van der Waals surface area contributed by atoms with Gasteiger partial charge in [0.2, 0.25) is 10.9 Å². The molecule has 0 bridgehead atoms. The third-order valence-electron chi connectivity index (χ3n) is 3.01. The zero-order chi connectivity index (χ0) is 19.3. The fourth-order valence-corrected chi connectivity index (χ4v) is 3.85. The Morgan fingerprint density at radius 2 is 2.15 bits per heavy atom. The van der Waals surface area contributed by atoms with Crippen LogP contribution in [0.15, 0.2) is 22.8 Å². The van der Waals surface area contributed by atoms with E-state index < -0.39 is 10.9 Å². The van der Waals surface area contributed by atoms with Crippen molar-refractivity contribution in [3.05, 3.63) is 33.5 Å². The van der Waals surface area contributed by atoms with Crippen LogP contribution in [-0.4, -0.2) is 32.7 Å². The Labute approximate surface area is 158 Å². The van der Waals surface area contributed by atoms with Crippen LogP contribution < -0.4 is 9.47 Å². The topological polar surface area (TPSA) is 108 Å². The number of aliphatic imine (C=N–C) groups is 1. The lowest BCUT2D eigenvalue weighted by Crippen LogP contribution is -2.07. The maximum atomic E-state index is 12.1. The first-order valence-electron chi connectivity index (χ1n) is 7.65. The van der Waals surface area contributed by atoms with Crippen LogP contribution in [0.5, 0.6) is 11.5 Å². The molecular formula is C16H16N2O6S2. The SMILES string of the molecule is CCOc1c(OC(C)=O)ccc(/C=C2/N=C(SCC)SC2=O)c1[N+](=O)[O-]. The zero-order valence-electron chi connectivity index (χ0n) is 14.3. The molecule has 0 aliphatic carbocycles. The van der Waals surface area contributed by atoms with Crippen molar-refractivity contribution in [2.75, 3.05) is 12.4 Å². The van der Waals surface area contributed by atoms with E-state index in [1.54, 1.807) is 6.92 Å². The van der Waals surface area contributed by atoms with E-state index in [4.69, 9.17) is 9.47 Å². The number of ether oxygens (including phenoxy) is 2. The van der Waals surface area contributed by atoms with Gasteiger partial charge in [-0.05, 0) is 42.6 Å². The Morgan fingerprint density at radius 3 is 2.73 bits per heavy atom. The number of hydrogen-bond donors (Lipinski definition) is 0. The standard InChI is InChI=1S/C16H16N2O6S2/c1-4-23-14-12(24-9(3)19)7-6-10(13(14)18(21)22)8-11-15(20)26-16(17-11)25-5-2/h6-8H,4-5H2,1-3H3/b11-8+. The Bertz CT molecular complexity index is 819. The van der Waals surface area contributed by atoms with Crippen molar-refractivity contribution in [3.63, 3.8) is 0 Å². The van der Waals surface area contributed by atoms with E-state index in [0.717, 1.165) is 17.5 Å². The summed E-state index contributed by atoms with van der Waals surface area (Å²) in [5, 5.41) is 11.3. The number of carbonyl (C=O) groups is 2. The van der Waals surface area contributed by atoms with E-state index in [2.05, 4.69) is 4.99 Å². The number of nitro groups is 1. The Hall–Kier alpha value is -2.33. The highest BCUT2D eigenvalue weighted by molar-refractivity contribution is 8.45. The van der Waals surface area contributed by atoms with Crippen molar-refractivity contribution >= 4 is 50.7 Å². The van der Waals surface area contributed by atoms with Crippen molar-refractivity contribution in [2.45, 2.75) is 20.8 Å². The lowest BCUT2D eigenvalue weighted by atomic mass is 10.1. The van der Waals surface area contributed by atoms with Gasteiger partial charge < -0.3 is 9.47 Å². The predicted octanol–water partition coefficient (Wildman–Crippen LogP) is 3.64. The van der Waals surface area contributed by atoms with Crippen LogP contribution in [0.25, 0.3) is 6.08 Å². The first-order chi connectivity index (χ1) is 12.4. The molecule has 8 nitrogen and oxygen atoms in total. The quantitative estimate of drug-likeness (QED) is 0.236. The van der Waals surface area contributed by atoms with Crippen LogP contribution in [-0.2, 0) is 9.59 Å². The van der Waals surface area contributed by atoms with Gasteiger partial charge in [-0.3, -0.25) is 19.7 Å². The van der Waals surface area contributed by atoms with E-state index in [1.807, 2.05) is 6.92 Å². The molecule has 138 valence electrons. The van der Waals surface area contributed by atoms with Crippen LogP contribution >= 0.6 is 23.5 Å². The summed E-state index contributed by atoms with van der Waals surface area (Å²) in [6.07, 6.45) is 1.34. The highest BCUT2D eigenvalue weighted by atomic mass is 32.2. The van der Waals surface area contributed by atoms with E-state index >= 15 is 0 Å². The number of carbonyl (C=O) groups excluding carboxylic acids is 2. The first-order valence-corrected chi connectivity index (χ1v) is 9.45. The number of benzene rings is 1. The Balaban J connectivity index is 2.57. The molecule has 0 saturated carbocycles. The smallest absolute Gasteiger partial charge is 0.322 e. The van der Waals surface area contributed by atoms with Crippen LogP contribution in [0.3, 0.4) is 0 Å². The molecule has 0 fully saturated rings. The number of hydrogen-bond acceptors (Lipinski definition) is 9. The van der Waals surface area contributed by atoms with Crippen LogP contribution in [0.1, 0.15) is 26.3 Å². The maximum Gasteiger partial charge on any atom is 0.322 e. The molecule has 0 saturated heterocycles. The Kier molecular flexibility index (Phi) is 6.81. The molecule has 2 rings (SSSR count). The molecule has 10 heteroatoms. The van der Waals surface area contributed by atoms with Crippen molar-refractivity contribution in [2.24, 2.45) is 4.99 Å². The van der Waals surface area contributed by atoms with Crippen molar-refractivity contribution in [1.82, 2.24) is 0 Å². The third kappa shape index (κ3) is 4.64. The summed E-state index contributed by atoms with van der Waals surface area (Å²) < 4.78 is 10.9. The molecule has 0 unspecified atom stereocenters. The van der Waals surface area contributed by atoms with Crippen LogP contribution in [0.4, 0.5) is 5.69 Å². The molecule has 0 N–H and O–H groups in total. The molecule has 1 aromatic rings. The second-order valence-corrected chi connectivity index (χ2v) is 7.32. The average molecular weight is 396 g/mol. The van der Waals surface area contributed by atoms with E-state index in [1.165, 1.54) is 36.9 Å². The van der Waals surface area contributed by atoms with Gasteiger partial charge in [-0.1, -0.05) is 18.7 Å². The van der Waals surface area contributed by atoms with Gasteiger partial charge in [-0.25, -0.2) is 4.99 Å². The average Bonchev–Trinajstić information content (AvgIpc) is 2.89. The summed E-state index contributed by atoms with van der Waals surface area (Å²) in [5.74, 6) is -0.0733. The van der Waals surface area contributed by atoms with Gasteiger partial charge in [0.15, 0.2) is 5.75 Å². The molecule has 0 atom stereocenters. The second kappa shape index (κ2) is 8.86. The molecule has 1 heterocycles. The lowest BCUT2D eigenvalue weighted by molar-refractivity contribution is -0.386. The third-order valence-corrected chi connectivity index (χ3v) is 4.90. The monoisotopic (exact) mass is 396 g/mol.